The van der Waals surface area contributed by atoms with Crippen LogP contribution in [0.15, 0.2) is 24.5 Å². The maximum Gasteiger partial charge on any atom is 1.00 e. The van der Waals surface area contributed by atoms with Crippen molar-refractivity contribution in [3.63, 3.8) is 0 Å². The molecule has 3 heteroatoms. The van der Waals surface area contributed by atoms with Crippen molar-refractivity contribution in [2.45, 2.75) is 6.92 Å². The minimum atomic E-state index is 0. The first-order chi connectivity index (χ1) is 4.86. The summed E-state index contributed by atoms with van der Waals surface area (Å²) >= 11 is 0. The summed E-state index contributed by atoms with van der Waals surface area (Å²) in [6.07, 6.45) is 6.64. The zero-order chi connectivity index (χ0) is 6.97. The molecule has 2 aromatic rings. The molecule has 2 rings (SSSR count). The van der Waals surface area contributed by atoms with E-state index in [1.807, 2.05) is 29.7 Å². The second-order valence-corrected chi connectivity index (χ2v) is 2.32. The summed E-state index contributed by atoms with van der Waals surface area (Å²) in [5.74, 6) is 0. The number of rotatable bonds is 0. The van der Waals surface area contributed by atoms with Crippen LogP contribution in [0.25, 0.3) is 5.65 Å². The Morgan fingerprint density at radius 3 is 3.09 bits per heavy atom. The molecule has 50 valence electrons. The summed E-state index contributed by atoms with van der Waals surface area (Å²) in [5.41, 5.74) is 2.17. The number of hydrogen-bond acceptors (Lipinski definition) is 1. The molecule has 0 bridgehead atoms. The molecule has 0 saturated carbocycles. The zero-order valence-electron chi connectivity index (χ0n) is 6.70. The molecule has 0 fully saturated rings. The van der Waals surface area contributed by atoms with Crippen molar-refractivity contribution in [3.8, 4) is 0 Å². The normalized spacial score (nSPS) is 9.55. The quantitative estimate of drug-likeness (QED) is 0.488. The fraction of sp³-hybridized carbons (Fsp3) is 0.125. The average molecular weight is 217 g/mol. The van der Waals surface area contributed by atoms with E-state index in [-0.39, 0.29) is 58.2 Å². The predicted octanol–water partition coefficient (Wildman–Crippen LogP) is -1.55. The third kappa shape index (κ3) is 1.99. The summed E-state index contributed by atoms with van der Waals surface area (Å²) in [5, 5.41) is 0. The van der Waals surface area contributed by atoms with Crippen LogP contribution in [0, 0.1) is 13.1 Å². The first-order valence-electron chi connectivity index (χ1n) is 3.18. The first kappa shape index (κ1) is 9.58. The van der Waals surface area contributed by atoms with E-state index in [4.69, 9.17) is 0 Å². The first-order valence-corrected chi connectivity index (χ1v) is 3.18. The number of aryl methyl sites for hydroxylation is 1. The van der Waals surface area contributed by atoms with Crippen LogP contribution in [0.1, 0.15) is 5.56 Å². The van der Waals surface area contributed by atoms with Crippen molar-refractivity contribution < 1.29 is 58.2 Å². The Labute approximate surface area is 114 Å². The molecular formula is C8H7N2Rb. The Bertz CT molecular complexity index is 354. The summed E-state index contributed by atoms with van der Waals surface area (Å²) in [6.45, 7) is 2.05. The smallest absolute Gasteiger partial charge is 0.468 e. The number of fused-ring (bicyclic) bond motifs is 1. The minimum absolute atomic E-state index is 0. The molecule has 0 saturated heterocycles. The van der Waals surface area contributed by atoms with Crippen molar-refractivity contribution in [1.29, 1.82) is 0 Å². The molecule has 0 aliphatic rings. The Morgan fingerprint density at radius 1 is 1.45 bits per heavy atom. The molecular weight excluding hydrogens is 210 g/mol. The molecule has 0 unspecified atom stereocenters. The van der Waals surface area contributed by atoms with E-state index in [1.54, 1.807) is 6.20 Å². The average Bonchev–Trinajstić information content (AvgIpc) is 2.33. The number of hydrogen-bond donors (Lipinski definition) is 0. The van der Waals surface area contributed by atoms with Gasteiger partial charge in [-0.1, -0.05) is 30.1 Å². The van der Waals surface area contributed by atoms with E-state index in [9.17, 15) is 0 Å². The van der Waals surface area contributed by atoms with Crippen molar-refractivity contribution >= 4 is 5.65 Å². The van der Waals surface area contributed by atoms with E-state index >= 15 is 0 Å². The number of aromatic nitrogens is 2. The molecule has 0 radical (unpaired) electrons. The van der Waals surface area contributed by atoms with Gasteiger partial charge in [-0.3, -0.25) is 0 Å². The second-order valence-electron chi connectivity index (χ2n) is 2.32. The monoisotopic (exact) mass is 216 g/mol. The summed E-state index contributed by atoms with van der Waals surface area (Å²) in [6, 6.07) is 4.02. The molecule has 0 aromatic carbocycles. The number of imidazole rings is 1. The van der Waals surface area contributed by atoms with Gasteiger partial charge in [0, 0.05) is 5.65 Å². The molecule has 0 spiro atoms. The van der Waals surface area contributed by atoms with Crippen LogP contribution in [0.4, 0.5) is 0 Å². The second kappa shape index (κ2) is 3.94. The van der Waals surface area contributed by atoms with E-state index < -0.39 is 0 Å². The third-order valence-electron chi connectivity index (χ3n) is 1.47. The molecule has 2 nitrogen and oxygen atoms in total. The van der Waals surface area contributed by atoms with Crippen LogP contribution in [-0.2, 0) is 0 Å². The summed E-state index contributed by atoms with van der Waals surface area (Å²) in [4.78, 5) is 4.07. The number of nitrogens with zero attached hydrogens (tertiary/aromatic N) is 2. The molecule has 11 heavy (non-hydrogen) atoms. The molecule has 0 atom stereocenters. The van der Waals surface area contributed by atoms with Gasteiger partial charge in [0.15, 0.2) is 0 Å². The van der Waals surface area contributed by atoms with Crippen molar-refractivity contribution in [1.82, 2.24) is 9.38 Å². The largest absolute Gasteiger partial charge is 1.00 e. The molecule has 2 heterocycles. The van der Waals surface area contributed by atoms with Gasteiger partial charge in [-0.25, -0.2) is 0 Å². The Balaban J connectivity index is 0.000000605. The van der Waals surface area contributed by atoms with Gasteiger partial charge in [-0.05, 0) is 13.1 Å². The van der Waals surface area contributed by atoms with Crippen molar-refractivity contribution in [2.24, 2.45) is 0 Å². The molecule has 0 amide bonds. The molecule has 0 aliphatic heterocycles. The van der Waals surface area contributed by atoms with E-state index in [1.165, 1.54) is 5.56 Å². The van der Waals surface area contributed by atoms with E-state index in [0.717, 1.165) is 5.65 Å². The fourth-order valence-electron chi connectivity index (χ4n) is 0.965. The zero-order valence-corrected chi connectivity index (χ0v) is 11.6. The predicted molar refractivity (Wildman–Crippen MR) is 38.8 cm³/mol. The van der Waals surface area contributed by atoms with Gasteiger partial charge in [-0.15, -0.1) is 0 Å². The van der Waals surface area contributed by atoms with Gasteiger partial charge in [0.05, 0.1) is 0 Å². The van der Waals surface area contributed by atoms with Crippen LogP contribution in [-0.4, -0.2) is 9.38 Å². The van der Waals surface area contributed by atoms with Crippen LogP contribution in [0.3, 0.4) is 0 Å². The van der Waals surface area contributed by atoms with Gasteiger partial charge >= 0.3 is 58.2 Å². The van der Waals surface area contributed by atoms with Crippen LogP contribution in [0.2, 0.25) is 0 Å². The standard InChI is InChI=1S/C8H7N2.Rb/c1-7-2-3-8-9-4-5-10(8)6-7;/h2-4,6H,1H3;/q-1;+1. The van der Waals surface area contributed by atoms with Crippen molar-refractivity contribution in [3.05, 3.63) is 36.3 Å². The molecule has 0 N–H and O–H groups in total. The number of pyridine rings is 1. The summed E-state index contributed by atoms with van der Waals surface area (Å²) < 4.78 is 1.88. The summed E-state index contributed by atoms with van der Waals surface area (Å²) in [7, 11) is 0. The maximum absolute atomic E-state index is 4.07. The molecule has 2 aromatic heterocycles. The Morgan fingerprint density at radius 2 is 2.27 bits per heavy atom. The van der Waals surface area contributed by atoms with Crippen molar-refractivity contribution in [2.75, 3.05) is 0 Å². The SMILES string of the molecule is Cc1ccc2nc[c-]n2c1.[Rb+]. The Hall–Kier alpha value is 0.495. The Kier molecular flexibility index (Phi) is 3.43. The van der Waals surface area contributed by atoms with Crippen LogP contribution >= 0.6 is 0 Å². The van der Waals surface area contributed by atoms with Crippen LogP contribution in [0.5, 0.6) is 0 Å². The van der Waals surface area contributed by atoms with E-state index in [2.05, 4.69) is 11.2 Å². The topological polar surface area (TPSA) is 17.3 Å². The van der Waals surface area contributed by atoms with Gasteiger partial charge in [0.2, 0.25) is 0 Å². The van der Waals surface area contributed by atoms with Gasteiger partial charge in [0.25, 0.3) is 0 Å². The maximum atomic E-state index is 4.07. The minimum Gasteiger partial charge on any atom is -0.468 e. The molecule has 0 aliphatic carbocycles. The van der Waals surface area contributed by atoms with Gasteiger partial charge < -0.3 is 9.38 Å². The van der Waals surface area contributed by atoms with Gasteiger partial charge in [-0.2, -0.15) is 0 Å². The van der Waals surface area contributed by atoms with Gasteiger partial charge in [0.1, 0.15) is 0 Å². The fourth-order valence-corrected chi connectivity index (χ4v) is 0.965. The van der Waals surface area contributed by atoms with E-state index in [0.29, 0.717) is 0 Å². The van der Waals surface area contributed by atoms with Crippen LogP contribution < -0.4 is 58.2 Å². The third-order valence-corrected chi connectivity index (χ3v) is 1.47.